The lowest BCUT2D eigenvalue weighted by Crippen LogP contribution is -2.10. The number of aromatic hydroxyl groups is 2. The number of phenolic OH excluding ortho intramolecular Hbond substituents is 2. The maximum Gasteiger partial charge on any atom is 0.124 e. The lowest BCUT2D eigenvalue weighted by molar-refractivity contribution is 0.444. The number of hydrogen-bond donors (Lipinski definition) is 3. The lowest BCUT2D eigenvalue weighted by atomic mass is 10.0. The Hall–Kier alpha value is -1.23. The summed E-state index contributed by atoms with van der Waals surface area (Å²) in [6.07, 6.45) is 0. The van der Waals surface area contributed by atoms with Gasteiger partial charge in [-0.05, 0) is 34.5 Å². The van der Waals surface area contributed by atoms with Gasteiger partial charge < -0.3 is 15.9 Å². The van der Waals surface area contributed by atoms with Crippen molar-refractivity contribution in [3.63, 3.8) is 0 Å². The zero-order valence-electron chi connectivity index (χ0n) is 8.33. The van der Waals surface area contributed by atoms with Gasteiger partial charge in [-0.1, -0.05) is 0 Å². The van der Waals surface area contributed by atoms with E-state index in [0.29, 0.717) is 5.56 Å². The Morgan fingerprint density at radius 1 is 1.19 bits per heavy atom. The molecule has 1 heterocycles. The van der Waals surface area contributed by atoms with E-state index in [-0.39, 0.29) is 29.9 Å². The summed E-state index contributed by atoms with van der Waals surface area (Å²) in [6.45, 7) is 0. The molecule has 2 rings (SSSR count). The summed E-state index contributed by atoms with van der Waals surface area (Å²) in [5.41, 5.74) is 7.55. The highest BCUT2D eigenvalue weighted by atomic mass is 35.5. The molecule has 0 radical (unpaired) electrons. The first kappa shape index (κ1) is 12.8. The van der Waals surface area contributed by atoms with Gasteiger partial charge in [0.1, 0.15) is 11.5 Å². The van der Waals surface area contributed by atoms with Crippen LogP contribution in [0.1, 0.15) is 17.2 Å². The van der Waals surface area contributed by atoms with Crippen LogP contribution in [0.4, 0.5) is 0 Å². The van der Waals surface area contributed by atoms with Crippen LogP contribution < -0.4 is 5.73 Å². The Morgan fingerprint density at radius 2 is 1.94 bits per heavy atom. The third-order valence-electron chi connectivity index (χ3n) is 2.25. The Kier molecular flexibility index (Phi) is 4.18. The molecule has 0 aliphatic rings. The normalized spacial score (nSPS) is 11.8. The third-order valence-corrected chi connectivity index (χ3v) is 2.95. The fraction of sp³-hybridized carbons (Fsp3) is 0.0909. The number of nitrogens with two attached hydrogens (primary N) is 1. The number of hydrogen-bond acceptors (Lipinski definition) is 4. The highest BCUT2D eigenvalue weighted by Gasteiger charge is 2.13. The van der Waals surface area contributed by atoms with Crippen molar-refractivity contribution in [3.05, 3.63) is 46.2 Å². The molecule has 16 heavy (non-hydrogen) atoms. The number of thiophene rings is 1. The largest absolute Gasteiger partial charge is 0.508 e. The fourth-order valence-corrected chi connectivity index (χ4v) is 2.12. The van der Waals surface area contributed by atoms with Crippen LogP contribution in [-0.4, -0.2) is 10.2 Å². The van der Waals surface area contributed by atoms with Crippen LogP contribution in [0.3, 0.4) is 0 Å². The molecule has 0 aliphatic carbocycles. The van der Waals surface area contributed by atoms with E-state index in [9.17, 15) is 5.11 Å². The summed E-state index contributed by atoms with van der Waals surface area (Å²) >= 11 is 1.56. The van der Waals surface area contributed by atoms with Crippen LogP contribution in [-0.2, 0) is 0 Å². The summed E-state index contributed by atoms with van der Waals surface area (Å²) in [5, 5.41) is 22.7. The quantitative estimate of drug-likeness (QED) is 0.775. The third kappa shape index (κ3) is 2.47. The Bertz CT molecular complexity index is 459. The van der Waals surface area contributed by atoms with E-state index in [0.717, 1.165) is 5.56 Å². The highest BCUT2D eigenvalue weighted by Crippen LogP contribution is 2.30. The molecule has 86 valence electrons. The Balaban J connectivity index is 0.00000128. The van der Waals surface area contributed by atoms with Crippen molar-refractivity contribution in [1.82, 2.24) is 0 Å². The molecule has 0 saturated heterocycles. The summed E-state index contributed by atoms with van der Waals surface area (Å²) < 4.78 is 0. The first-order valence-corrected chi connectivity index (χ1v) is 5.42. The maximum atomic E-state index is 9.62. The van der Waals surface area contributed by atoms with Crippen molar-refractivity contribution in [3.8, 4) is 11.5 Å². The van der Waals surface area contributed by atoms with Gasteiger partial charge in [0, 0.05) is 11.6 Å². The van der Waals surface area contributed by atoms with Crippen molar-refractivity contribution >= 4 is 23.7 Å². The van der Waals surface area contributed by atoms with Crippen LogP contribution in [0, 0.1) is 0 Å². The van der Waals surface area contributed by atoms with Gasteiger partial charge in [-0.3, -0.25) is 0 Å². The zero-order chi connectivity index (χ0) is 10.8. The first-order valence-electron chi connectivity index (χ1n) is 4.48. The maximum absolute atomic E-state index is 9.62. The molecule has 0 fully saturated rings. The van der Waals surface area contributed by atoms with Crippen LogP contribution >= 0.6 is 23.7 Å². The molecule has 0 unspecified atom stereocenters. The smallest absolute Gasteiger partial charge is 0.124 e. The molecule has 4 N–H and O–H groups in total. The fourth-order valence-electron chi connectivity index (χ4n) is 1.43. The molecule has 0 amide bonds. The molecule has 3 nitrogen and oxygen atoms in total. The van der Waals surface area contributed by atoms with Gasteiger partial charge in [0.05, 0.1) is 6.04 Å². The van der Waals surface area contributed by atoms with Crippen LogP contribution in [0.15, 0.2) is 35.0 Å². The predicted molar refractivity (Wildman–Crippen MR) is 67.4 cm³/mol. The second kappa shape index (κ2) is 5.21. The molecule has 0 spiro atoms. The van der Waals surface area contributed by atoms with Crippen molar-refractivity contribution in [2.45, 2.75) is 6.04 Å². The topological polar surface area (TPSA) is 66.5 Å². The van der Waals surface area contributed by atoms with Crippen molar-refractivity contribution in [2.24, 2.45) is 5.73 Å². The second-order valence-corrected chi connectivity index (χ2v) is 4.06. The molecule has 2 aromatic rings. The monoisotopic (exact) mass is 257 g/mol. The van der Waals surface area contributed by atoms with Gasteiger partial charge in [-0.2, -0.15) is 11.3 Å². The van der Waals surface area contributed by atoms with Crippen molar-refractivity contribution in [2.75, 3.05) is 0 Å². The minimum Gasteiger partial charge on any atom is -0.508 e. The van der Waals surface area contributed by atoms with Crippen LogP contribution in [0.25, 0.3) is 0 Å². The van der Waals surface area contributed by atoms with Gasteiger partial charge >= 0.3 is 0 Å². The van der Waals surface area contributed by atoms with Gasteiger partial charge in [-0.15, -0.1) is 12.4 Å². The summed E-state index contributed by atoms with van der Waals surface area (Å²) in [6, 6.07) is 6.01. The van der Waals surface area contributed by atoms with Crippen molar-refractivity contribution < 1.29 is 10.2 Å². The highest BCUT2D eigenvalue weighted by molar-refractivity contribution is 7.08. The minimum absolute atomic E-state index is 0. The molecular formula is C11H12ClNO2S. The average Bonchev–Trinajstić information content (AvgIpc) is 2.69. The predicted octanol–water partition coefficient (Wildman–Crippen LogP) is 2.63. The van der Waals surface area contributed by atoms with E-state index in [2.05, 4.69) is 0 Å². The standard InChI is InChI=1S/C11H11NO2S.ClH/c12-11(7-3-4-15-6-7)9-2-1-8(13)5-10(9)14;/h1-6,11,13-14H,12H2;1H/t11-;/m1./s1. The van der Waals surface area contributed by atoms with E-state index in [4.69, 9.17) is 10.8 Å². The van der Waals surface area contributed by atoms with Gasteiger partial charge in [-0.25, -0.2) is 0 Å². The molecule has 0 saturated carbocycles. The molecule has 5 heteroatoms. The number of rotatable bonds is 2. The minimum atomic E-state index is -0.350. The molecule has 0 bridgehead atoms. The van der Waals surface area contributed by atoms with E-state index >= 15 is 0 Å². The van der Waals surface area contributed by atoms with Crippen LogP contribution in [0.2, 0.25) is 0 Å². The SMILES string of the molecule is Cl.N[C@H](c1ccsc1)c1ccc(O)cc1O. The number of halogens is 1. The number of benzene rings is 1. The second-order valence-electron chi connectivity index (χ2n) is 3.28. The average molecular weight is 258 g/mol. The van der Waals surface area contributed by atoms with E-state index in [1.54, 1.807) is 17.4 Å². The van der Waals surface area contributed by atoms with E-state index in [1.165, 1.54) is 12.1 Å². The van der Waals surface area contributed by atoms with E-state index < -0.39 is 0 Å². The summed E-state index contributed by atoms with van der Waals surface area (Å²) in [4.78, 5) is 0. The molecule has 1 atom stereocenters. The van der Waals surface area contributed by atoms with Gasteiger partial charge in [0.2, 0.25) is 0 Å². The van der Waals surface area contributed by atoms with Crippen molar-refractivity contribution in [1.29, 1.82) is 0 Å². The molecule has 1 aromatic carbocycles. The van der Waals surface area contributed by atoms with Gasteiger partial charge in [0.25, 0.3) is 0 Å². The van der Waals surface area contributed by atoms with Gasteiger partial charge in [0.15, 0.2) is 0 Å². The van der Waals surface area contributed by atoms with E-state index in [1.807, 2.05) is 16.8 Å². The lowest BCUT2D eigenvalue weighted by Gasteiger charge is -2.12. The molecule has 1 aromatic heterocycles. The molecular weight excluding hydrogens is 246 g/mol. The first-order chi connectivity index (χ1) is 7.18. The van der Waals surface area contributed by atoms with Crippen LogP contribution in [0.5, 0.6) is 11.5 Å². The summed E-state index contributed by atoms with van der Waals surface area (Å²) in [7, 11) is 0. The zero-order valence-corrected chi connectivity index (χ0v) is 9.96. The Morgan fingerprint density at radius 3 is 2.50 bits per heavy atom. The number of phenols is 2. The Labute approximate surface area is 104 Å². The molecule has 0 aliphatic heterocycles. The summed E-state index contributed by atoms with van der Waals surface area (Å²) in [5.74, 6) is 0.0578.